The van der Waals surface area contributed by atoms with Crippen molar-refractivity contribution in [3.8, 4) is 5.75 Å². The molecule has 0 unspecified atom stereocenters. The SMILES string of the molecule is COc1ccc2[nH]cc(CCNCC3CCN(Cc4ccccc4)CC3)c2c1. The van der Waals surface area contributed by atoms with Crippen LogP contribution in [0.2, 0.25) is 0 Å². The first kappa shape index (κ1) is 19.0. The molecule has 2 aromatic carbocycles. The van der Waals surface area contributed by atoms with Gasteiger partial charge in [-0.3, -0.25) is 4.90 Å². The Bertz CT molecular complexity index is 866. The summed E-state index contributed by atoms with van der Waals surface area (Å²) in [5, 5.41) is 4.96. The fourth-order valence-corrected chi connectivity index (χ4v) is 4.21. The third kappa shape index (κ3) is 4.75. The zero-order valence-electron chi connectivity index (χ0n) is 16.8. The first-order valence-electron chi connectivity index (χ1n) is 10.4. The molecule has 148 valence electrons. The van der Waals surface area contributed by atoms with Gasteiger partial charge < -0.3 is 15.0 Å². The monoisotopic (exact) mass is 377 g/mol. The number of ether oxygens (including phenoxy) is 1. The first-order chi connectivity index (χ1) is 13.8. The van der Waals surface area contributed by atoms with Gasteiger partial charge in [-0.25, -0.2) is 0 Å². The van der Waals surface area contributed by atoms with Gasteiger partial charge in [-0.05, 0) is 80.7 Å². The number of aromatic amines is 1. The number of rotatable bonds is 8. The molecule has 4 rings (SSSR count). The molecule has 28 heavy (non-hydrogen) atoms. The quantitative estimate of drug-likeness (QED) is 0.578. The standard InChI is InChI=1S/C24H31N3O/c1-28-22-7-8-24-23(15-22)21(17-26-24)9-12-25-16-19-10-13-27(14-11-19)18-20-5-3-2-4-6-20/h2-8,15,17,19,25-26H,9-14,16,18H2,1H3. The predicted molar refractivity (Wildman–Crippen MR) is 116 cm³/mol. The zero-order valence-corrected chi connectivity index (χ0v) is 16.8. The minimum Gasteiger partial charge on any atom is -0.497 e. The summed E-state index contributed by atoms with van der Waals surface area (Å²) >= 11 is 0. The minimum atomic E-state index is 0.801. The average Bonchev–Trinajstić information content (AvgIpc) is 3.15. The number of aromatic nitrogens is 1. The number of fused-ring (bicyclic) bond motifs is 1. The second-order valence-electron chi connectivity index (χ2n) is 7.88. The number of methoxy groups -OCH3 is 1. The van der Waals surface area contributed by atoms with Crippen molar-refractivity contribution in [2.45, 2.75) is 25.8 Å². The summed E-state index contributed by atoms with van der Waals surface area (Å²) in [5.41, 5.74) is 3.97. The number of hydrogen-bond donors (Lipinski definition) is 2. The second-order valence-corrected chi connectivity index (χ2v) is 7.88. The van der Waals surface area contributed by atoms with Crippen molar-refractivity contribution in [3.05, 3.63) is 65.9 Å². The van der Waals surface area contributed by atoms with Crippen LogP contribution in [0.25, 0.3) is 10.9 Å². The fourth-order valence-electron chi connectivity index (χ4n) is 4.21. The molecule has 4 nitrogen and oxygen atoms in total. The lowest BCUT2D eigenvalue weighted by molar-refractivity contribution is 0.175. The molecule has 0 spiro atoms. The number of piperidine rings is 1. The maximum Gasteiger partial charge on any atom is 0.119 e. The van der Waals surface area contributed by atoms with E-state index in [1.54, 1.807) is 7.11 Å². The Morgan fingerprint density at radius 3 is 2.71 bits per heavy atom. The summed E-state index contributed by atoms with van der Waals surface area (Å²) in [7, 11) is 1.72. The highest BCUT2D eigenvalue weighted by Gasteiger charge is 2.18. The number of hydrogen-bond acceptors (Lipinski definition) is 3. The van der Waals surface area contributed by atoms with Crippen LogP contribution in [0.3, 0.4) is 0 Å². The van der Waals surface area contributed by atoms with E-state index in [-0.39, 0.29) is 0 Å². The number of likely N-dealkylation sites (tertiary alicyclic amines) is 1. The van der Waals surface area contributed by atoms with Crippen LogP contribution in [0.5, 0.6) is 5.75 Å². The molecule has 0 radical (unpaired) electrons. The lowest BCUT2D eigenvalue weighted by atomic mass is 9.96. The molecule has 0 saturated carbocycles. The lowest BCUT2D eigenvalue weighted by Gasteiger charge is -2.32. The molecule has 0 bridgehead atoms. The molecule has 3 aromatic rings. The van der Waals surface area contributed by atoms with E-state index in [0.29, 0.717) is 0 Å². The van der Waals surface area contributed by atoms with Crippen LogP contribution < -0.4 is 10.1 Å². The average molecular weight is 378 g/mol. The highest BCUT2D eigenvalue weighted by molar-refractivity contribution is 5.84. The van der Waals surface area contributed by atoms with Gasteiger partial charge in [0.15, 0.2) is 0 Å². The molecular weight excluding hydrogens is 346 g/mol. The Kier molecular flexibility index (Phi) is 6.30. The van der Waals surface area contributed by atoms with E-state index in [0.717, 1.165) is 37.7 Å². The van der Waals surface area contributed by atoms with Crippen LogP contribution in [0, 0.1) is 5.92 Å². The summed E-state index contributed by atoms with van der Waals surface area (Å²) in [6, 6.07) is 17.0. The molecule has 0 aliphatic carbocycles. The van der Waals surface area contributed by atoms with Gasteiger partial charge in [0.1, 0.15) is 5.75 Å². The molecule has 4 heteroatoms. The summed E-state index contributed by atoms with van der Waals surface area (Å²) in [6.45, 7) is 5.66. The van der Waals surface area contributed by atoms with Crippen molar-refractivity contribution in [1.82, 2.24) is 15.2 Å². The smallest absolute Gasteiger partial charge is 0.119 e. The van der Waals surface area contributed by atoms with Crippen LogP contribution >= 0.6 is 0 Å². The third-order valence-electron chi connectivity index (χ3n) is 5.93. The van der Waals surface area contributed by atoms with E-state index in [2.05, 4.69) is 63.9 Å². The van der Waals surface area contributed by atoms with Crippen molar-refractivity contribution >= 4 is 10.9 Å². The van der Waals surface area contributed by atoms with Gasteiger partial charge in [-0.15, -0.1) is 0 Å². The Labute approximate surface area is 167 Å². The topological polar surface area (TPSA) is 40.3 Å². The summed E-state index contributed by atoms with van der Waals surface area (Å²) < 4.78 is 5.36. The molecule has 1 saturated heterocycles. The number of nitrogens with one attached hydrogen (secondary N) is 2. The fraction of sp³-hybridized carbons (Fsp3) is 0.417. The van der Waals surface area contributed by atoms with E-state index in [1.165, 1.54) is 48.0 Å². The Hall–Kier alpha value is -2.30. The van der Waals surface area contributed by atoms with Crippen LogP contribution in [-0.4, -0.2) is 43.2 Å². The van der Waals surface area contributed by atoms with E-state index in [4.69, 9.17) is 4.74 Å². The van der Waals surface area contributed by atoms with Crippen LogP contribution in [0.15, 0.2) is 54.7 Å². The Balaban J connectivity index is 1.18. The largest absolute Gasteiger partial charge is 0.497 e. The number of H-pyrrole nitrogens is 1. The van der Waals surface area contributed by atoms with E-state index >= 15 is 0 Å². The Morgan fingerprint density at radius 2 is 1.93 bits per heavy atom. The van der Waals surface area contributed by atoms with Crippen molar-refractivity contribution in [2.24, 2.45) is 5.92 Å². The van der Waals surface area contributed by atoms with Crippen molar-refractivity contribution < 1.29 is 4.74 Å². The molecule has 0 amide bonds. The van der Waals surface area contributed by atoms with E-state index in [9.17, 15) is 0 Å². The summed E-state index contributed by atoms with van der Waals surface area (Å²) in [5.74, 6) is 1.72. The summed E-state index contributed by atoms with van der Waals surface area (Å²) in [4.78, 5) is 5.95. The first-order valence-corrected chi connectivity index (χ1v) is 10.4. The van der Waals surface area contributed by atoms with Gasteiger partial charge in [0.2, 0.25) is 0 Å². The molecule has 1 aliphatic rings. The maximum atomic E-state index is 5.36. The predicted octanol–water partition coefficient (Wildman–Crippen LogP) is 4.22. The van der Waals surface area contributed by atoms with Gasteiger partial charge in [0, 0.05) is 23.6 Å². The second kappa shape index (κ2) is 9.26. The molecule has 0 atom stereocenters. The van der Waals surface area contributed by atoms with Gasteiger partial charge in [-0.2, -0.15) is 0 Å². The van der Waals surface area contributed by atoms with Gasteiger partial charge in [0.25, 0.3) is 0 Å². The maximum absolute atomic E-state index is 5.36. The van der Waals surface area contributed by atoms with Gasteiger partial charge >= 0.3 is 0 Å². The van der Waals surface area contributed by atoms with E-state index in [1.807, 2.05) is 6.07 Å². The van der Waals surface area contributed by atoms with Gasteiger partial charge in [-0.1, -0.05) is 30.3 Å². The molecular formula is C24H31N3O. The highest BCUT2D eigenvalue weighted by atomic mass is 16.5. The zero-order chi connectivity index (χ0) is 19.2. The van der Waals surface area contributed by atoms with Crippen molar-refractivity contribution in [2.75, 3.05) is 33.3 Å². The van der Waals surface area contributed by atoms with E-state index < -0.39 is 0 Å². The highest BCUT2D eigenvalue weighted by Crippen LogP contribution is 2.24. The molecule has 1 aromatic heterocycles. The van der Waals surface area contributed by atoms with Crippen molar-refractivity contribution in [3.63, 3.8) is 0 Å². The molecule has 1 fully saturated rings. The van der Waals surface area contributed by atoms with Crippen molar-refractivity contribution in [1.29, 1.82) is 0 Å². The minimum absolute atomic E-state index is 0.801. The third-order valence-corrected chi connectivity index (χ3v) is 5.93. The molecule has 1 aliphatic heterocycles. The number of benzene rings is 2. The Morgan fingerprint density at radius 1 is 1.11 bits per heavy atom. The number of nitrogens with zero attached hydrogens (tertiary/aromatic N) is 1. The normalized spacial score (nSPS) is 15.9. The van der Waals surface area contributed by atoms with Crippen LogP contribution in [0.4, 0.5) is 0 Å². The lowest BCUT2D eigenvalue weighted by Crippen LogP contribution is -2.37. The van der Waals surface area contributed by atoms with Crippen LogP contribution in [-0.2, 0) is 13.0 Å². The molecule has 2 heterocycles. The summed E-state index contributed by atoms with van der Waals surface area (Å²) in [6.07, 6.45) is 5.77. The molecule has 2 N–H and O–H groups in total. The van der Waals surface area contributed by atoms with Crippen LogP contribution in [0.1, 0.15) is 24.0 Å². The van der Waals surface area contributed by atoms with Gasteiger partial charge in [0.05, 0.1) is 7.11 Å².